The van der Waals surface area contributed by atoms with Crippen molar-refractivity contribution in [1.82, 2.24) is 9.55 Å². The molecule has 1 aromatic heterocycles. The number of halogens is 1. The van der Waals surface area contributed by atoms with Gasteiger partial charge in [0, 0.05) is 19.2 Å². The maximum absolute atomic E-state index is 12.9. The lowest BCUT2D eigenvalue weighted by atomic mass is 10.1. The van der Waals surface area contributed by atoms with Crippen LogP contribution in [0.3, 0.4) is 0 Å². The van der Waals surface area contributed by atoms with Gasteiger partial charge in [0.05, 0.1) is 0 Å². The van der Waals surface area contributed by atoms with E-state index >= 15 is 0 Å². The van der Waals surface area contributed by atoms with Crippen LogP contribution in [0.4, 0.5) is 4.39 Å². The van der Waals surface area contributed by atoms with Crippen LogP contribution in [-0.4, -0.2) is 26.8 Å². The van der Waals surface area contributed by atoms with E-state index in [9.17, 15) is 9.18 Å². The maximum Gasteiger partial charge on any atom is 0.356 e. The molecule has 2 rings (SSSR count). The van der Waals surface area contributed by atoms with Crippen LogP contribution in [0.25, 0.3) is 0 Å². The standard InChI is InChI=1S/C8H9FN2O2/c9-5-1-2-11-4-6(8(12)13)10-7(11)3-5/h4-5H,1-3H2,(H,12,13). The molecule has 5 heteroatoms. The molecular formula is C8H9FN2O2. The molecule has 0 saturated carbocycles. The lowest BCUT2D eigenvalue weighted by Crippen LogP contribution is -2.19. The minimum Gasteiger partial charge on any atom is -0.476 e. The van der Waals surface area contributed by atoms with Crippen LogP contribution < -0.4 is 0 Å². The zero-order valence-corrected chi connectivity index (χ0v) is 6.90. The van der Waals surface area contributed by atoms with Gasteiger partial charge in [-0.05, 0) is 6.42 Å². The number of imidazole rings is 1. The Morgan fingerprint density at radius 3 is 3.23 bits per heavy atom. The van der Waals surface area contributed by atoms with Crippen molar-refractivity contribution in [2.24, 2.45) is 0 Å². The monoisotopic (exact) mass is 184 g/mol. The lowest BCUT2D eigenvalue weighted by Gasteiger charge is -2.16. The van der Waals surface area contributed by atoms with Crippen LogP contribution >= 0.6 is 0 Å². The molecule has 2 heterocycles. The van der Waals surface area contributed by atoms with Gasteiger partial charge in [-0.2, -0.15) is 0 Å². The average Bonchev–Trinajstić information content (AvgIpc) is 2.46. The third-order valence-corrected chi connectivity index (χ3v) is 2.17. The fourth-order valence-electron chi connectivity index (χ4n) is 1.49. The van der Waals surface area contributed by atoms with Gasteiger partial charge in [-0.1, -0.05) is 0 Å². The predicted molar refractivity (Wildman–Crippen MR) is 42.4 cm³/mol. The third-order valence-electron chi connectivity index (χ3n) is 2.17. The van der Waals surface area contributed by atoms with E-state index in [1.165, 1.54) is 6.20 Å². The van der Waals surface area contributed by atoms with E-state index in [1.54, 1.807) is 4.57 Å². The molecule has 1 aliphatic rings. The number of aryl methyl sites for hydroxylation is 1. The van der Waals surface area contributed by atoms with Crippen molar-refractivity contribution in [2.45, 2.75) is 25.6 Å². The molecule has 1 aliphatic heterocycles. The molecule has 0 fully saturated rings. The van der Waals surface area contributed by atoms with E-state index < -0.39 is 12.1 Å². The molecule has 70 valence electrons. The summed E-state index contributed by atoms with van der Waals surface area (Å²) in [7, 11) is 0. The normalized spacial score (nSPS) is 21.2. The molecule has 0 aliphatic carbocycles. The molecule has 0 amide bonds. The number of aromatic carboxylic acids is 1. The number of rotatable bonds is 1. The summed E-state index contributed by atoms with van der Waals surface area (Å²) in [4.78, 5) is 14.4. The minimum atomic E-state index is -1.06. The number of carboxylic acid groups (broad SMARTS) is 1. The summed E-state index contributed by atoms with van der Waals surface area (Å²) in [6.45, 7) is 0.525. The summed E-state index contributed by atoms with van der Waals surface area (Å²) < 4.78 is 14.6. The second-order valence-electron chi connectivity index (χ2n) is 3.13. The van der Waals surface area contributed by atoms with Crippen LogP contribution in [0.5, 0.6) is 0 Å². The fraction of sp³-hybridized carbons (Fsp3) is 0.500. The summed E-state index contributed by atoms with van der Waals surface area (Å²) in [6, 6.07) is 0. The van der Waals surface area contributed by atoms with E-state index in [2.05, 4.69) is 4.98 Å². The number of fused-ring (bicyclic) bond motifs is 1. The second kappa shape index (κ2) is 2.83. The third kappa shape index (κ3) is 1.41. The number of hydrogen-bond donors (Lipinski definition) is 1. The smallest absolute Gasteiger partial charge is 0.356 e. The second-order valence-corrected chi connectivity index (χ2v) is 3.13. The summed E-state index contributed by atoms with van der Waals surface area (Å²) in [6.07, 6.45) is 1.26. The molecule has 0 radical (unpaired) electrons. The number of hydrogen-bond acceptors (Lipinski definition) is 2. The minimum absolute atomic E-state index is 0.00380. The van der Waals surface area contributed by atoms with E-state index in [4.69, 9.17) is 5.11 Å². The van der Waals surface area contributed by atoms with Crippen molar-refractivity contribution in [2.75, 3.05) is 0 Å². The van der Waals surface area contributed by atoms with Crippen LogP contribution in [0.2, 0.25) is 0 Å². The molecule has 1 unspecified atom stereocenters. The van der Waals surface area contributed by atoms with Crippen molar-refractivity contribution in [1.29, 1.82) is 0 Å². The quantitative estimate of drug-likeness (QED) is 0.704. The van der Waals surface area contributed by atoms with Gasteiger partial charge < -0.3 is 9.67 Å². The van der Waals surface area contributed by atoms with Crippen LogP contribution in [0, 0.1) is 0 Å². The molecule has 1 aromatic rings. The Kier molecular flexibility index (Phi) is 1.79. The fourth-order valence-corrected chi connectivity index (χ4v) is 1.49. The zero-order valence-electron chi connectivity index (χ0n) is 6.90. The summed E-state index contributed by atoms with van der Waals surface area (Å²) >= 11 is 0. The highest BCUT2D eigenvalue weighted by molar-refractivity contribution is 5.85. The van der Waals surface area contributed by atoms with Crippen molar-refractivity contribution in [3.63, 3.8) is 0 Å². The van der Waals surface area contributed by atoms with E-state index in [-0.39, 0.29) is 12.1 Å². The summed E-state index contributed by atoms with van der Waals surface area (Å²) in [5.41, 5.74) is 0.00380. The van der Waals surface area contributed by atoms with Crippen molar-refractivity contribution in [3.8, 4) is 0 Å². The number of nitrogens with zero attached hydrogens (tertiary/aromatic N) is 2. The van der Waals surface area contributed by atoms with Gasteiger partial charge in [-0.25, -0.2) is 14.2 Å². The van der Waals surface area contributed by atoms with Crippen LogP contribution in [0.1, 0.15) is 22.7 Å². The Bertz CT molecular complexity index is 348. The molecule has 0 saturated heterocycles. The highest BCUT2D eigenvalue weighted by Gasteiger charge is 2.21. The Hall–Kier alpha value is -1.39. The molecule has 4 nitrogen and oxygen atoms in total. The molecule has 1 N–H and O–H groups in total. The van der Waals surface area contributed by atoms with E-state index in [0.29, 0.717) is 18.8 Å². The Labute approximate surface area is 74.0 Å². The summed E-state index contributed by atoms with van der Waals surface area (Å²) in [5, 5.41) is 8.63. The van der Waals surface area contributed by atoms with E-state index in [0.717, 1.165) is 0 Å². The first kappa shape index (κ1) is 8.22. The predicted octanol–water partition coefficient (Wildman–Crippen LogP) is 0.866. The van der Waals surface area contributed by atoms with Crippen LogP contribution in [0.15, 0.2) is 6.20 Å². The largest absolute Gasteiger partial charge is 0.476 e. The van der Waals surface area contributed by atoms with Crippen LogP contribution in [-0.2, 0) is 13.0 Å². The molecule has 0 aromatic carbocycles. The first-order chi connectivity index (χ1) is 6.16. The van der Waals surface area contributed by atoms with Gasteiger partial charge in [0.1, 0.15) is 12.0 Å². The van der Waals surface area contributed by atoms with Gasteiger partial charge in [0.2, 0.25) is 0 Å². The van der Waals surface area contributed by atoms with Crippen molar-refractivity contribution < 1.29 is 14.3 Å². The Balaban J connectivity index is 2.33. The maximum atomic E-state index is 12.9. The van der Waals surface area contributed by atoms with Gasteiger partial charge in [0.15, 0.2) is 5.69 Å². The summed E-state index contributed by atoms with van der Waals surface area (Å²) in [5.74, 6) is -0.520. The highest BCUT2D eigenvalue weighted by Crippen LogP contribution is 2.17. The number of carboxylic acids is 1. The molecule has 0 spiro atoms. The van der Waals surface area contributed by atoms with Gasteiger partial charge >= 0.3 is 5.97 Å². The number of aromatic nitrogens is 2. The Morgan fingerprint density at radius 2 is 2.54 bits per heavy atom. The molecule has 0 bridgehead atoms. The van der Waals surface area contributed by atoms with E-state index in [1.807, 2.05) is 0 Å². The number of carbonyl (C=O) groups is 1. The lowest BCUT2D eigenvalue weighted by molar-refractivity contribution is 0.0691. The molecule has 1 atom stereocenters. The molecule has 13 heavy (non-hydrogen) atoms. The Morgan fingerprint density at radius 1 is 1.77 bits per heavy atom. The first-order valence-corrected chi connectivity index (χ1v) is 4.10. The van der Waals surface area contributed by atoms with Gasteiger partial charge in [-0.3, -0.25) is 0 Å². The number of alkyl halides is 1. The van der Waals surface area contributed by atoms with Gasteiger partial charge in [-0.15, -0.1) is 0 Å². The van der Waals surface area contributed by atoms with Crippen molar-refractivity contribution in [3.05, 3.63) is 17.7 Å². The van der Waals surface area contributed by atoms with Gasteiger partial charge in [0.25, 0.3) is 0 Å². The topological polar surface area (TPSA) is 55.1 Å². The highest BCUT2D eigenvalue weighted by atomic mass is 19.1. The zero-order chi connectivity index (χ0) is 9.42. The van der Waals surface area contributed by atoms with Crippen molar-refractivity contribution >= 4 is 5.97 Å². The average molecular weight is 184 g/mol. The first-order valence-electron chi connectivity index (χ1n) is 4.10. The SMILES string of the molecule is O=C(O)c1cn2c(n1)CC(F)CC2. The molecular weight excluding hydrogens is 175 g/mol.